The second kappa shape index (κ2) is 10.2. The molecule has 0 fully saturated rings. The van der Waals surface area contributed by atoms with Crippen LogP contribution in [0.15, 0.2) is 47.3 Å². The summed E-state index contributed by atoms with van der Waals surface area (Å²) in [7, 11) is 0. The highest BCUT2D eigenvalue weighted by atomic mass is 32.1. The van der Waals surface area contributed by atoms with Gasteiger partial charge in [-0.15, -0.1) is 11.3 Å². The van der Waals surface area contributed by atoms with Crippen LogP contribution in [0.1, 0.15) is 26.3 Å². The quantitative estimate of drug-likeness (QED) is 0.530. The zero-order valence-electron chi connectivity index (χ0n) is 18.0. The lowest BCUT2D eigenvalue weighted by atomic mass is 10.0. The van der Waals surface area contributed by atoms with Gasteiger partial charge in [0.25, 0.3) is 5.56 Å². The zero-order valence-corrected chi connectivity index (χ0v) is 18.8. The Balaban J connectivity index is 2.17. The molecule has 0 saturated carbocycles. The molecular formula is C24H26N2O4S. The molecule has 0 aliphatic rings. The van der Waals surface area contributed by atoms with Crippen molar-refractivity contribution in [1.82, 2.24) is 9.47 Å². The van der Waals surface area contributed by atoms with E-state index in [1.807, 2.05) is 62.4 Å². The number of carbonyl (C=O) groups is 2. The molecule has 2 aromatic carbocycles. The molecule has 6 nitrogen and oxygen atoms in total. The van der Waals surface area contributed by atoms with Crippen molar-refractivity contribution in [2.75, 3.05) is 19.7 Å². The molecule has 0 aliphatic carbocycles. The molecule has 0 atom stereocenters. The van der Waals surface area contributed by atoms with Crippen LogP contribution in [-0.2, 0) is 20.9 Å². The first-order valence-corrected chi connectivity index (χ1v) is 11.2. The molecule has 0 radical (unpaired) electrons. The Morgan fingerprint density at radius 3 is 2.48 bits per heavy atom. The second-order valence-electron chi connectivity index (χ2n) is 6.87. The number of aromatic nitrogens is 1. The van der Waals surface area contributed by atoms with Gasteiger partial charge in [-0.2, -0.15) is 0 Å². The van der Waals surface area contributed by atoms with Crippen molar-refractivity contribution in [3.8, 4) is 0 Å². The van der Waals surface area contributed by atoms with Gasteiger partial charge < -0.3 is 9.64 Å². The predicted molar refractivity (Wildman–Crippen MR) is 124 cm³/mol. The van der Waals surface area contributed by atoms with Gasteiger partial charge in [0.05, 0.1) is 17.2 Å². The van der Waals surface area contributed by atoms with Crippen LogP contribution in [0.25, 0.3) is 22.9 Å². The Hall–Kier alpha value is -3.19. The van der Waals surface area contributed by atoms with Crippen LogP contribution in [-0.4, -0.2) is 41.0 Å². The van der Waals surface area contributed by atoms with E-state index in [4.69, 9.17) is 4.74 Å². The molecule has 1 aromatic heterocycles. The van der Waals surface area contributed by atoms with E-state index in [1.54, 1.807) is 11.8 Å². The summed E-state index contributed by atoms with van der Waals surface area (Å²) in [6.07, 6.45) is 3.10. The van der Waals surface area contributed by atoms with Gasteiger partial charge in [-0.1, -0.05) is 42.5 Å². The number of carbonyl (C=O) groups excluding carboxylic acids is 2. The smallest absolute Gasteiger partial charge is 0.333 e. The molecule has 0 N–H and O–H groups in total. The van der Waals surface area contributed by atoms with Crippen molar-refractivity contribution < 1.29 is 14.3 Å². The van der Waals surface area contributed by atoms with Gasteiger partial charge in [0.2, 0.25) is 5.91 Å². The number of benzene rings is 2. The van der Waals surface area contributed by atoms with Crippen molar-refractivity contribution in [1.29, 1.82) is 0 Å². The maximum atomic E-state index is 13.2. The third-order valence-electron chi connectivity index (χ3n) is 4.98. The molecule has 1 amide bonds. The Morgan fingerprint density at radius 1 is 1.06 bits per heavy atom. The van der Waals surface area contributed by atoms with E-state index >= 15 is 0 Å². The second-order valence-corrected chi connectivity index (χ2v) is 7.93. The third kappa shape index (κ3) is 5.11. The van der Waals surface area contributed by atoms with E-state index in [9.17, 15) is 14.4 Å². The minimum absolute atomic E-state index is 0.119. The van der Waals surface area contributed by atoms with E-state index in [0.717, 1.165) is 16.3 Å². The number of thiazole rings is 1. The van der Waals surface area contributed by atoms with E-state index in [0.29, 0.717) is 22.3 Å². The normalized spacial score (nSPS) is 12.4. The first-order chi connectivity index (χ1) is 15.0. The molecule has 0 aliphatic heterocycles. The van der Waals surface area contributed by atoms with E-state index in [-0.39, 0.29) is 24.6 Å². The highest BCUT2D eigenvalue weighted by molar-refractivity contribution is 7.07. The fourth-order valence-corrected chi connectivity index (χ4v) is 4.43. The van der Waals surface area contributed by atoms with Crippen molar-refractivity contribution in [2.45, 2.75) is 27.3 Å². The highest BCUT2D eigenvalue weighted by Gasteiger charge is 2.15. The summed E-state index contributed by atoms with van der Waals surface area (Å²) in [5.41, 5.74) is 0.607. The molecule has 0 spiro atoms. The molecule has 31 heavy (non-hydrogen) atoms. The fourth-order valence-electron chi connectivity index (χ4n) is 3.41. The maximum Gasteiger partial charge on any atom is 0.333 e. The molecule has 0 bridgehead atoms. The van der Waals surface area contributed by atoms with E-state index in [2.05, 4.69) is 0 Å². The van der Waals surface area contributed by atoms with Crippen molar-refractivity contribution in [3.63, 3.8) is 0 Å². The molecule has 3 rings (SSSR count). The average molecular weight is 439 g/mol. The number of esters is 1. The lowest BCUT2D eigenvalue weighted by Crippen LogP contribution is -2.40. The topological polar surface area (TPSA) is 68.6 Å². The van der Waals surface area contributed by atoms with E-state index in [1.165, 1.54) is 22.0 Å². The Morgan fingerprint density at radius 2 is 1.77 bits per heavy atom. The standard InChI is InChI=1S/C24H26N2O4S/c1-4-25(5-2)21(27)16-26-22(15-23(28)30-6-3)31-20(24(26)29)14-18-12-9-11-17-10-7-8-13-19(17)18/h7-15H,4-6,16H2,1-3H3/b20-14-,22-15-. The molecule has 7 heteroatoms. The van der Waals surface area contributed by atoms with Crippen molar-refractivity contribution in [3.05, 3.63) is 67.6 Å². The monoisotopic (exact) mass is 438 g/mol. The number of likely N-dealkylation sites (N-methyl/N-ethyl adjacent to an activating group) is 1. The summed E-state index contributed by atoms with van der Waals surface area (Å²) in [5, 5.41) is 2.10. The van der Waals surface area contributed by atoms with Gasteiger partial charge >= 0.3 is 5.97 Å². The van der Waals surface area contributed by atoms with Crippen molar-refractivity contribution >= 4 is 46.1 Å². The third-order valence-corrected chi connectivity index (χ3v) is 6.04. The fraction of sp³-hybridized carbons (Fsp3) is 0.292. The van der Waals surface area contributed by atoms with Gasteiger partial charge in [0.15, 0.2) is 0 Å². The van der Waals surface area contributed by atoms with Gasteiger partial charge in [0.1, 0.15) is 11.2 Å². The van der Waals surface area contributed by atoms with Gasteiger partial charge in [-0.05, 0) is 43.2 Å². The largest absolute Gasteiger partial charge is 0.463 e. The van der Waals surface area contributed by atoms with E-state index < -0.39 is 5.97 Å². The highest BCUT2D eigenvalue weighted by Crippen LogP contribution is 2.18. The molecule has 0 saturated heterocycles. The summed E-state index contributed by atoms with van der Waals surface area (Å²) in [6.45, 7) is 6.73. The van der Waals surface area contributed by atoms with Gasteiger partial charge in [0, 0.05) is 13.1 Å². The lowest BCUT2D eigenvalue weighted by Gasteiger charge is -2.18. The van der Waals surface area contributed by atoms with Gasteiger partial charge in [-0.3, -0.25) is 14.2 Å². The first kappa shape index (κ1) is 22.5. The van der Waals surface area contributed by atoms with Crippen LogP contribution >= 0.6 is 11.3 Å². The number of ether oxygens (including phenoxy) is 1. The summed E-state index contributed by atoms with van der Waals surface area (Å²) in [4.78, 5) is 39.6. The number of hydrogen-bond donors (Lipinski definition) is 0. The van der Waals surface area contributed by atoms with Crippen molar-refractivity contribution in [2.24, 2.45) is 0 Å². The Bertz CT molecular complexity index is 1260. The summed E-state index contributed by atoms with van der Waals surface area (Å²) in [5.74, 6) is -0.704. The molecule has 0 unspecified atom stereocenters. The van der Waals surface area contributed by atoms with Crippen LogP contribution in [0, 0.1) is 0 Å². The number of amides is 1. The van der Waals surface area contributed by atoms with Crippen LogP contribution in [0.5, 0.6) is 0 Å². The molecule has 1 heterocycles. The minimum Gasteiger partial charge on any atom is -0.463 e. The minimum atomic E-state index is -0.538. The molecular weight excluding hydrogens is 412 g/mol. The van der Waals surface area contributed by atoms with Crippen LogP contribution in [0.3, 0.4) is 0 Å². The van der Waals surface area contributed by atoms with Crippen LogP contribution in [0.2, 0.25) is 0 Å². The molecule has 3 aromatic rings. The SMILES string of the molecule is CCOC(=O)/C=c1\s/c(=C\c2cccc3ccccc23)c(=O)n1CC(=O)N(CC)CC. The summed E-state index contributed by atoms with van der Waals surface area (Å²) >= 11 is 1.18. The zero-order chi connectivity index (χ0) is 22.4. The Kier molecular flexibility index (Phi) is 7.41. The Labute approximate surface area is 184 Å². The average Bonchev–Trinajstić information content (AvgIpc) is 3.04. The summed E-state index contributed by atoms with van der Waals surface area (Å²) in [6, 6.07) is 13.8. The number of nitrogens with zero attached hydrogens (tertiary/aromatic N) is 2. The lowest BCUT2D eigenvalue weighted by molar-refractivity contribution is -0.135. The summed E-state index contributed by atoms with van der Waals surface area (Å²) < 4.78 is 7.23. The van der Waals surface area contributed by atoms with Crippen LogP contribution in [0.4, 0.5) is 0 Å². The maximum absolute atomic E-state index is 13.2. The predicted octanol–water partition coefficient (Wildman–Crippen LogP) is 2.10. The number of hydrogen-bond acceptors (Lipinski definition) is 5. The number of rotatable bonds is 7. The van der Waals surface area contributed by atoms with Crippen LogP contribution < -0.4 is 14.8 Å². The molecule has 162 valence electrons. The number of fused-ring (bicyclic) bond motifs is 1. The first-order valence-electron chi connectivity index (χ1n) is 10.3. The van der Waals surface area contributed by atoms with Gasteiger partial charge in [-0.25, -0.2) is 4.79 Å².